The van der Waals surface area contributed by atoms with Crippen molar-refractivity contribution in [3.05, 3.63) is 30.3 Å². The van der Waals surface area contributed by atoms with Gasteiger partial charge in [-0.3, -0.25) is 9.69 Å². The second-order valence-corrected chi connectivity index (χ2v) is 7.16. The maximum Gasteiger partial charge on any atom is 0.323 e. The molecule has 0 bridgehead atoms. The van der Waals surface area contributed by atoms with Gasteiger partial charge in [-0.05, 0) is 12.1 Å². The maximum atomic E-state index is 12.5. The highest BCUT2D eigenvalue weighted by atomic mass is 32.2. The molecule has 1 atom stereocenters. The first-order valence-corrected chi connectivity index (χ1v) is 8.49. The smallest absolute Gasteiger partial charge is 0.323 e. The first kappa shape index (κ1) is 14.5. The van der Waals surface area contributed by atoms with E-state index >= 15 is 0 Å². The van der Waals surface area contributed by atoms with E-state index in [4.69, 9.17) is 4.74 Å². The van der Waals surface area contributed by atoms with E-state index in [1.807, 2.05) is 4.90 Å². The Labute approximate surface area is 124 Å². The summed E-state index contributed by atoms with van der Waals surface area (Å²) < 4.78 is 31.4. The Hall–Kier alpha value is -1.44. The fourth-order valence-corrected chi connectivity index (χ4v) is 4.26. The van der Waals surface area contributed by atoms with E-state index in [0.717, 1.165) is 0 Å². The molecule has 2 saturated heterocycles. The second kappa shape index (κ2) is 5.75. The van der Waals surface area contributed by atoms with Crippen molar-refractivity contribution in [1.29, 1.82) is 0 Å². The van der Waals surface area contributed by atoms with E-state index in [-0.39, 0.29) is 12.0 Å². The summed E-state index contributed by atoms with van der Waals surface area (Å²) in [6.45, 7) is 2.39. The Bertz CT molecular complexity index is 609. The first-order valence-electron chi connectivity index (χ1n) is 7.05. The minimum atomic E-state index is -3.43. The number of piperazine rings is 1. The molecule has 0 amide bonds. The molecule has 1 unspecified atom stereocenters. The van der Waals surface area contributed by atoms with Gasteiger partial charge in [0, 0.05) is 32.6 Å². The number of carbonyl (C=O) groups excluding carboxylic acids is 1. The van der Waals surface area contributed by atoms with Crippen LogP contribution in [0.25, 0.3) is 0 Å². The van der Waals surface area contributed by atoms with Gasteiger partial charge in [-0.25, -0.2) is 8.42 Å². The molecule has 2 aliphatic heterocycles. The van der Waals surface area contributed by atoms with Gasteiger partial charge < -0.3 is 4.74 Å². The molecule has 2 fully saturated rings. The summed E-state index contributed by atoms with van der Waals surface area (Å²) in [4.78, 5) is 13.9. The van der Waals surface area contributed by atoms with Crippen LogP contribution in [0.2, 0.25) is 0 Å². The van der Waals surface area contributed by atoms with Crippen LogP contribution in [0.4, 0.5) is 0 Å². The number of nitrogens with zero attached hydrogens (tertiary/aromatic N) is 2. The number of rotatable bonds is 3. The SMILES string of the molecule is O=C1OCCC1N1CCN(S(=O)(=O)c2ccccc2)CC1. The summed E-state index contributed by atoms with van der Waals surface area (Å²) in [5, 5.41) is 0. The Kier molecular flexibility index (Phi) is 3.97. The highest BCUT2D eigenvalue weighted by Gasteiger charge is 2.36. The molecule has 2 heterocycles. The molecule has 0 radical (unpaired) electrons. The maximum absolute atomic E-state index is 12.5. The highest BCUT2D eigenvalue weighted by molar-refractivity contribution is 7.89. The van der Waals surface area contributed by atoms with Crippen molar-refractivity contribution in [3.63, 3.8) is 0 Å². The largest absolute Gasteiger partial charge is 0.464 e. The molecule has 21 heavy (non-hydrogen) atoms. The molecule has 7 heteroatoms. The number of benzene rings is 1. The van der Waals surface area contributed by atoms with Crippen LogP contribution in [0.15, 0.2) is 35.2 Å². The summed E-state index contributed by atoms with van der Waals surface area (Å²) in [7, 11) is -3.43. The molecule has 0 saturated carbocycles. The number of hydrogen-bond acceptors (Lipinski definition) is 5. The van der Waals surface area contributed by atoms with Crippen LogP contribution in [-0.4, -0.2) is 62.4 Å². The van der Waals surface area contributed by atoms with Gasteiger partial charge in [-0.15, -0.1) is 0 Å². The number of carbonyl (C=O) groups is 1. The molecular formula is C14H18N2O4S. The van der Waals surface area contributed by atoms with E-state index in [2.05, 4.69) is 0 Å². The molecule has 0 aromatic heterocycles. The Morgan fingerprint density at radius 3 is 2.29 bits per heavy atom. The van der Waals surface area contributed by atoms with Gasteiger partial charge >= 0.3 is 5.97 Å². The fraction of sp³-hybridized carbons (Fsp3) is 0.500. The van der Waals surface area contributed by atoms with Crippen LogP contribution < -0.4 is 0 Å². The summed E-state index contributed by atoms with van der Waals surface area (Å²) in [6, 6.07) is 8.25. The topological polar surface area (TPSA) is 66.9 Å². The zero-order chi connectivity index (χ0) is 14.9. The van der Waals surface area contributed by atoms with Crippen molar-refractivity contribution in [3.8, 4) is 0 Å². The third-order valence-electron chi connectivity index (χ3n) is 4.00. The van der Waals surface area contributed by atoms with Crippen LogP contribution in [0.1, 0.15) is 6.42 Å². The molecule has 3 rings (SSSR count). The molecule has 1 aromatic rings. The predicted molar refractivity (Wildman–Crippen MR) is 76.1 cm³/mol. The lowest BCUT2D eigenvalue weighted by Crippen LogP contribution is -2.52. The molecule has 0 spiro atoms. The van der Waals surface area contributed by atoms with Gasteiger partial charge in [-0.1, -0.05) is 18.2 Å². The average Bonchev–Trinajstić information content (AvgIpc) is 2.94. The second-order valence-electron chi connectivity index (χ2n) is 5.23. The lowest BCUT2D eigenvalue weighted by atomic mass is 10.2. The van der Waals surface area contributed by atoms with Gasteiger partial charge in [0.2, 0.25) is 10.0 Å². The molecule has 2 aliphatic rings. The summed E-state index contributed by atoms with van der Waals surface area (Å²) in [6.07, 6.45) is 0.699. The number of hydrogen-bond donors (Lipinski definition) is 0. The van der Waals surface area contributed by atoms with Crippen molar-refractivity contribution < 1.29 is 17.9 Å². The lowest BCUT2D eigenvalue weighted by molar-refractivity contribution is -0.142. The third-order valence-corrected chi connectivity index (χ3v) is 5.92. The monoisotopic (exact) mass is 310 g/mol. The predicted octanol–water partition coefficient (Wildman–Crippen LogP) is 0.308. The quantitative estimate of drug-likeness (QED) is 0.752. The number of sulfonamides is 1. The Balaban J connectivity index is 1.67. The standard InChI is InChI=1S/C14H18N2O4S/c17-14-13(6-11-20-14)15-7-9-16(10-8-15)21(18,19)12-4-2-1-3-5-12/h1-5,13H,6-11H2. The number of esters is 1. The summed E-state index contributed by atoms with van der Waals surface area (Å²) in [5.74, 6) is -0.186. The number of cyclic esters (lactones) is 1. The molecule has 114 valence electrons. The van der Waals surface area contributed by atoms with E-state index in [9.17, 15) is 13.2 Å². The van der Waals surface area contributed by atoms with Crippen LogP contribution >= 0.6 is 0 Å². The van der Waals surface area contributed by atoms with Crippen molar-refractivity contribution in [2.24, 2.45) is 0 Å². The fourth-order valence-electron chi connectivity index (χ4n) is 2.81. The molecule has 6 nitrogen and oxygen atoms in total. The van der Waals surface area contributed by atoms with Gasteiger partial charge in [0.05, 0.1) is 11.5 Å². The summed E-state index contributed by atoms with van der Waals surface area (Å²) in [5.41, 5.74) is 0. The lowest BCUT2D eigenvalue weighted by Gasteiger charge is -2.35. The van der Waals surface area contributed by atoms with Crippen molar-refractivity contribution in [1.82, 2.24) is 9.21 Å². The summed E-state index contributed by atoms with van der Waals surface area (Å²) >= 11 is 0. The average molecular weight is 310 g/mol. The zero-order valence-electron chi connectivity index (χ0n) is 11.6. The first-order chi connectivity index (χ1) is 10.1. The molecule has 0 aliphatic carbocycles. The Morgan fingerprint density at radius 2 is 1.71 bits per heavy atom. The van der Waals surface area contributed by atoms with Crippen molar-refractivity contribution in [2.75, 3.05) is 32.8 Å². The molecule has 0 N–H and O–H groups in total. The van der Waals surface area contributed by atoms with E-state index in [1.54, 1.807) is 30.3 Å². The highest BCUT2D eigenvalue weighted by Crippen LogP contribution is 2.20. The minimum Gasteiger partial charge on any atom is -0.464 e. The van der Waals surface area contributed by atoms with Crippen molar-refractivity contribution >= 4 is 16.0 Å². The van der Waals surface area contributed by atoms with Gasteiger partial charge in [0.25, 0.3) is 0 Å². The van der Waals surface area contributed by atoms with Gasteiger partial charge in [0.1, 0.15) is 6.04 Å². The number of ether oxygens (including phenoxy) is 1. The zero-order valence-corrected chi connectivity index (χ0v) is 12.5. The van der Waals surface area contributed by atoms with Crippen molar-refractivity contribution in [2.45, 2.75) is 17.4 Å². The molecule has 1 aromatic carbocycles. The van der Waals surface area contributed by atoms with Crippen LogP contribution in [-0.2, 0) is 19.6 Å². The normalized spacial score (nSPS) is 25.0. The van der Waals surface area contributed by atoms with E-state index in [0.29, 0.717) is 44.1 Å². The van der Waals surface area contributed by atoms with Gasteiger partial charge in [-0.2, -0.15) is 4.31 Å². The minimum absolute atomic E-state index is 0.186. The molecular weight excluding hydrogens is 292 g/mol. The van der Waals surface area contributed by atoms with Crippen LogP contribution in [0, 0.1) is 0 Å². The third kappa shape index (κ3) is 2.81. The van der Waals surface area contributed by atoms with E-state index < -0.39 is 10.0 Å². The van der Waals surface area contributed by atoms with Crippen LogP contribution in [0.3, 0.4) is 0 Å². The van der Waals surface area contributed by atoms with Crippen LogP contribution in [0.5, 0.6) is 0 Å². The van der Waals surface area contributed by atoms with E-state index in [1.165, 1.54) is 4.31 Å². The van der Waals surface area contributed by atoms with Gasteiger partial charge in [0.15, 0.2) is 0 Å². The Morgan fingerprint density at radius 1 is 1.05 bits per heavy atom.